The van der Waals surface area contributed by atoms with Crippen LogP contribution in [0.3, 0.4) is 0 Å². The van der Waals surface area contributed by atoms with Gasteiger partial charge in [-0.05, 0) is 24.4 Å². The number of rotatable bonds is 2. The molecule has 0 aromatic carbocycles. The van der Waals surface area contributed by atoms with Crippen molar-refractivity contribution in [3.63, 3.8) is 0 Å². The maximum Gasteiger partial charge on any atom is 0.0844 e. The Kier molecular flexibility index (Phi) is 1.27. The topological polar surface area (TPSA) is 45.6 Å². The largest absolute Gasteiger partial charge is 0.264 e. The van der Waals surface area contributed by atoms with Crippen LogP contribution in [0.1, 0.15) is 29.9 Å². The lowest BCUT2D eigenvalue weighted by atomic mass is 10.1. The third-order valence-corrected chi connectivity index (χ3v) is 2.15. The highest BCUT2D eigenvalue weighted by molar-refractivity contribution is 5.14. The Hall–Kier alpha value is -1.45. The quantitative estimate of drug-likeness (QED) is 0.648. The van der Waals surface area contributed by atoms with Crippen LogP contribution < -0.4 is 0 Å². The summed E-state index contributed by atoms with van der Waals surface area (Å²) in [6.07, 6.45) is 0.775. The van der Waals surface area contributed by atoms with E-state index in [0.29, 0.717) is 13.0 Å². The predicted octanol–water partition coefficient (Wildman–Crippen LogP) is 1.90. The summed E-state index contributed by atoms with van der Waals surface area (Å²) < 4.78 is 30.3. The van der Waals surface area contributed by atoms with Crippen LogP contribution in [0.15, 0.2) is 29.7 Å². The molecule has 1 aliphatic rings. The number of aromatic nitrogens is 1. The summed E-state index contributed by atoms with van der Waals surface area (Å²) in [5.41, 5.74) is 0.225. The highest BCUT2D eigenvalue weighted by Gasteiger charge is 2.25. The van der Waals surface area contributed by atoms with E-state index >= 15 is 0 Å². The second-order valence-electron chi connectivity index (χ2n) is 2.90. The molecule has 4 nitrogen and oxygen atoms in total. The van der Waals surface area contributed by atoms with Crippen molar-refractivity contribution in [2.24, 2.45) is 5.29 Å². The predicted molar refractivity (Wildman–Crippen MR) is 48.7 cm³/mol. The second kappa shape index (κ2) is 3.51. The van der Waals surface area contributed by atoms with E-state index in [9.17, 15) is 4.91 Å². The molecule has 13 heavy (non-hydrogen) atoms. The summed E-state index contributed by atoms with van der Waals surface area (Å²) in [6, 6.07) is -0.964. The molecule has 4 heteroatoms. The molecule has 1 aromatic rings. The van der Waals surface area contributed by atoms with Gasteiger partial charge in [0.15, 0.2) is 0 Å². The average Bonchev–Trinajstić information content (AvgIpc) is 2.74. The van der Waals surface area contributed by atoms with Gasteiger partial charge in [0.1, 0.15) is 0 Å². The molecule has 2 heterocycles. The molecule has 1 aromatic heterocycles. The minimum absolute atomic E-state index is 0.199. The maximum atomic E-state index is 10.6. The van der Waals surface area contributed by atoms with Gasteiger partial charge in [-0.25, -0.2) is 0 Å². The second-order valence-corrected chi connectivity index (χ2v) is 2.90. The SMILES string of the molecule is [1H]c1nc([1H])c([C@@H]2CCCN2N=O)c([1H])c1[1H]. The van der Waals surface area contributed by atoms with Crippen LogP contribution in [0.5, 0.6) is 0 Å². The van der Waals surface area contributed by atoms with Crippen molar-refractivity contribution in [2.45, 2.75) is 18.9 Å². The number of nitroso groups, excluding NO2 is 1. The van der Waals surface area contributed by atoms with E-state index in [1.807, 2.05) is 0 Å². The first-order valence-electron chi connectivity index (χ1n) is 6.10. The van der Waals surface area contributed by atoms with E-state index in [1.165, 1.54) is 5.01 Å². The molecule has 0 amide bonds. The van der Waals surface area contributed by atoms with Crippen LogP contribution in [0, 0.1) is 4.91 Å². The summed E-state index contributed by atoms with van der Waals surface area (Å²) in [5, 5.41) is 4.13. The summed E-state index contributed by atoms with van der Waals surface area (Å²) in [6.45, 7) is 0.489. The molecule has 1 atom stereocenters. The highest BCUT2D eigenvalue weighted by atomic mass is 16.3. The molecule has 0 bridgehead atoms. The Morgan fingerprint density at radius 2 is 2.69 bits per heavy atom. The fourth-order valence-corrected chi connectivity index (χ4v) is 1.54. The Balaban J connectivity index is 2.51. The van der Waals surface area contributed by atoms with E-state index in [0.717, 1.165) is 6.42 Å². The normalized spacial score (nSPS) is 26.2. The average molecular weight is 177 g/mol. The van der Waals surface area contributed by atoms with Crippen molar-refractivity contribution in [2.75, 3.05) is 6.54 Å². The number of hydrogen-bond acceptors (Lipinski definition) is 3. The van der Waals surface area contributed by atoms with E-state index in [1.54, 1.807) is 0 Å². The zero-order valence-corrected chi connectivity index (χ0v) is 6.95. The lowest BCUT2D eigenvalue weighted by Gasteiger charge is -2.17. The molecule has 0 radical (unpaired) electrons. The van der Waals surface area contributed by atoms with Crippen LogP contribution in [-0.4, -0.2) is 16.5 Å². The Bertz CT molecular complexity index is 468. The van der Waals surface area contributed by atoms with E-state index in [-0.39, 0.29) is 30.0 Å². The van der Waals surface area contributed by atoms with Crippen molar-refractivity contribution >= 4 is 0 Å². The molecule has 0 unspecified atom stereocenters. The van der Waals surface area contributed by atoms with Gasteiger partial charge in [-0.2, -0.15) is 0 Å². The third-order valence-electron chi connectivity index (χ3n) is 2.15. The van der Waals surface area contributed by atoms with Crippen LogP contribution >= 0.6 is 0 Å². The molecule has 1 fully saturated rings. The molecule has 1 aliphatic heterocycles. The van der Waals surface area contributed by atoms with Crippen molar-refractivity contribution < 1.29 is 5.48 Å². The first kappa shape index (κ1) is 4.69. The zero-order chi connectivity index (χ0) is 12.6. The first-order chi connectivity index (χ1) is 8.06. The molecule has 2 rings (SSSR count). The van der Waals surface area contributed by atoms with Crippen LogP contribution in [0.25, 0.3) is 0 Å². The summed E-state index contributed by atoms with van der Waals surface area (Å²) in [5.74, 6) is 0. The van der Waals surface area contributed by atoms with Crippen molar-refractivity contribution in [1.29, 1.82) is 0 Å². The number of hydrogen-bond donors (Lipinski definition) is 0. The minimum Gasteiger partial charge on any atom is -0.264 e. The van der Waals surface area contributed by atoms with Gasteiger partial charge in [0.25, 0.3) is 0 Å². The van der Waals surface area contributed by atoms with Crippen LogP contribution in [0.2, 0.25) is 0 Å². The highest BCUT2D eigenvalue weighted by Crippen LogP contribution is 2.30. The van der Waals surface area contributed by atoms with Crippen molar-refractivity contribution in [1.82, 2.24) is 9.99 Å². The van der Waals surface area contributed by atoms with Crippen LogP contribution in [-0.2, 0) is 0 Å². The molecule has 0 saturated carbocycles. The monoisotopic (exact) mass is 177 g/mol. The van der Waals surface area contributed by atoms with Gasteiger partial charge in [0.2, 0.25) is 0 Å². The van der Waals surface area contributed by atoms with Gasteiger partial charge in [0.05, 0.1) is 16.8 Å². The summed E-state index contributed by atoms with van der Waals surface area (Å²) in [4.78, 5) is 14.2. The van der Waals surface area contributed by atoms with Crippen LogP contribution in [0.4, 0.5) is 0 Å². The van der Waals surface area contributed by atoms with E-state index in [2.05, 4.69) is 10.3 Å². The summed E-state index contributed by atoms with van der Waals surface area (Å²) >= 11 is 0. The number of nitrogens with zero attached hydrogens (tertiary/aromatic N) is 3. The van der Waals surface area contributed by atoms with E-state index in [4.69, 9.17) is 5.48 Å². The number of pyridine rings is 1. The molecule has 0 N–H and O–H groups in total. The third kappa shape index (κ3) is 1.52. The van der Waals surface area contributed by atoms with Gasteiger partial charge in [-0.1, -0.05) is 6.04 Å². The Morgan fingerprint density at radius 1 is 1.77 bits per heavy atom. The first-order valence-corrected chi connectivity index (χ1v) is 4.10. The molecule has 0 aliphatic carbocycles. The lowest BCUT2D eigenvalue weighted by molar-refractivity contribution is 0.266. The maximum absolute atomic E-state index is 10.6. The van der Waals surface area contributed by atoms with Crippen molar-refractivity contribution in [3.05, 3.63) is 34.9 Å². The van der Waals surface area contributed by atoms with Gasteiger partial charge in [-0.3, -0.25) is 9.99 Å². The standard InChI is InChI=1S/C9H11N3O/c13-11-12-6-2-4-9(12)8-3-1-5-10-7-8/h1,3,5,7,9H,2,4,6H2/t9-/m0/s1/i1H,3H,5H,7H. The molecular weight excluding hydrogens is 166 g/mol. The van der Waals surface area contributed by atoms with Gasteiger partial charge in [-0.15, -0.1) is 4.91 Å². The molecule has 68 valence electrons. The Morgan fingerprint density at radius 3 is 3.54 bits per heavy atom. The zero-order valence-electron chi connectivity index (χ0n) is 10.9. The molecular formula is C9H11N3O. The molecule has 0 spiro atoms. The fraction of sp³-hybridized carbons (Fsp3) is 0.444. The minimum atomic E-state index is -0.454. The van der Waals surface area contributed by atoms with E-state index < -0.39 is 6.04 Å². The van der Waals surface area contributed by atoms with Gasteiger partial charge < -0.3 is 0 Å². The van der Waals surface area contributed by atoms with Gasteiger partial charge in [0, 0.05) is 18.9 Å². The lowest BCUT2D eigenvalue weighted by Crippen LogP contribution is -2.15. The fourth-order valence-electron chi connectivity index (χ4n) is 1.54. The Labute approximate surface area is 82.1 Å². The molecule has 1 saturated heterocycles. The smallest absolute Gasteiger partial charge is 0.0844 e. The summed E-state index contributed by atoms with van der Waals surface area (Å²) in [7, 11) is 0. The van der Waals surface area contributed by atoms with Gasteiger partial charge >= 0.3 is 0 Å². The van der Waals surface area contributed by atoms with Crippen molar-refractivity contribution in [3.8, 4) is 0 Å².